The summed E-state index contributed by atoms with van der Waals surface area (Å²) in [4.78, 5) is 15.9. The van der Waals surface area contributed by atoms with Gasteiger partial charge < -0.3 is 11.1 Å². The van der Waals surface area contributed by atoms with Crippen molar-refractivity contribution in [1.29, 1.82) is 0 Å². The van der Waals surface area contributed by atoms with Crippen LogP contribution in [0.1, 0.15) is 17.5 Å². The zero-order valence-electron chi connectivity index (χ0n) is 11.0. The van der Waals surface area contributed by atoms with Crippen molar-refractivity contribution < 1.29 is 4.79 Å². The molecular weight excluding hydrogens is 258 g/mol. The Labute approximate surface area is 116 Å². The van der Waals surface area contributed by atoms with Gasteiger partial charge in [-0.3, -0.25) is 4.79 Å². The first-order valence-corrected chi connectivity index (χ1v) is 6.99. The molecule has 1 unspecified atom stereocenters. The van der Waals surface area contributed by atoms with Gasteiger partial charge in [-0.15, -0.1) is 11.3 Å². The molecule has 0 spiro atoms. The Morgan fingerprint density at radius 3 is 2.95 bits per heavy atom. The molecule has 2 rings (SSSR count). The normalized spacial score (nSPS) is 12.2. The predicted octanol–water partition coefficient (Wildman–Crippen LogP) is 2.08. The van der Waals surface area contributed by atoms with E-state index in [9.17, 15) is 4.79 Å². The standard InChI is InChI=1S/C14H17N3OS/c1-9(15)14(18)16-7-11-4-3-5-12(6-11)13-8-19-10(2)17-13/h3-6,8-9H,7,15H2,1-2H3,(H,16,18). The number of hydrogen-bond acceptors (Lipinski definition) is 4. The lowest BCUT2D eigenvalue weighted by atomic mass is 10.1. The molecule has 4 nitrogen and oxygen atoms in total. The van der Waals surface area contributed by atoms with Crippen molar-refractivity contribution in [2.45, 2.75) is 26.4 Å². The van der Waals surface area contributed by atoms with Crippen molar-refractivity contribution in [3.63, 3.8) is 0 Å². The first-order valence-electron chi connectivity index (χ1n) is 6.11. The third-order valence-corrected chi connectivity index (χ3v) is 3.50. The molecule has 5 heteroatoms. The molecule has 1 heterocycles. The van der Waals surface area contributed by atoms with Gasteiger partial charge in [0.25, 0.3) is 0 Å². The molecule has 1 aromatic carbocycles. The SMILES string of the molecule is Cc1nc(-c2cccc(CNC(=O)C(C)N)c2)cs1. The Morgan fingerprint density at radius 1 is 1.53 bits per heavy atom. The number of benzene rings is 1. The van der Waals surface area contributed by atoms with E-state index in [1.165, 1.54) is 0 Å². The second kappa shape index (κ2) is 5.95. The lowest BCUT2D eigenvalue weighted by Gasteiger charge is -2.08. The zero-order valence-corrected chi connectivity index (χ0v) is 11.8. The van der Waals surface area contributed by atoms with E-state index in [2.05, 4.69) is 10.3 Å². The van der Waals surface area contributed by atoms with Crippen molar-refractivity contribution >= 4 is 17.2 Å². The lowest BCUT2D eigenvalue weighted by molar-refractivity contribution is -0.122. The molecule has 0 radical (unpaired) electrons. The van der Waals surface area contributed by atoms with Gasteiger partial charge in [-0.25, -0.2) is 4.98 Å². The first-order chi connectivity index (χ1) is 9.06. The van der Waals surface area contributed by atoms with Crippen molar-refractivity contribution in [2.75, 3.05) is 0 Å². The third-order valence-electron chi connectivity index (χ3n) is 2.72. The fourth-order valence-electron chi connectivity index (χ4n) is 1.69. The third kappa shape index (κ3) is 3.62. The maximum Gasteiger partial charge on any atom is 0.236 e. The molecular formula is C14H17N3OS. The molecule has 3 N–H and O–H groups in total. The van der Waals surface area contributed by atoms with E-state index in [-0.39, 0.29) is 5.91 Å². The number of carbonyl (C=O) groups excluding carboxylic acids is 1. The summed E-state index contributed by atoms with van der Waals surface area (Å²) in [5.74, 6) is -0.144. The average Bonchev–Trinajstić information content (AvgIpc) is 2.83. The Morgan fingerprint density at radius 2 is 2.32 bits per heavy atom. The van der Waals surface area contributed by atoms with Gasteiger partial charge in [0.1, 0.15) is 0 Å². The molecule has 0 aliphatic rings. The maximum atomic E-state index is 11.4. The number of hydrogen-bond donors (Lipinski definition) is 2. The van der Waals surface area contributed by atoms with Gasteiger partial charge in [-0.1, -0.05) is 18.2 Å². The molecule has 19 heavy (non-hydrogen) atoms. The van der Waals surface area contributed by atoms with Crippen LogP contribution in [0.4, 0.5) is 0 Å². The average molecular weight is 275 g/mol. The summed E-state index contributed by atoms with van der Waals surface area (Å²) in [5, 5.41) is 5.88. The van der Waals surface area contributed by atoms with E-state index in [1.54, 1.807) is 18.3 Å². The van der Waals surface area contributed by atoms with Gasteiger partial charge in [-0.05, 0) is 25.5 Å². The predicted molar refractivity (Wildman–Crippen MR) is 77.8 cm³/mol. The van der Waals surface area contributed by atoms with Gasteiger partial charge in [-0.2, -0.15) is 0 Å². The molecule has 0 aliphatic heterocycles. The molecule has 100 valence electrons. The summed E-state index contributed by atoms with van der Waals surface area (Å²) in [7, 11) is 0. The first kappa shape index (κ1) is 13.7. The number of aryl methyl sites for hydroxylation is 1. The summed E-state index contributed by atoms with van der Waals surface area (Å²) in [6.07, 6.45) is 0. The van der Waals surface area contributed by atoms with Crippen LogP contribution in [0.3, 0.4) is 0 Å². The van der Waals surface area contributed by atoms with E-state index in [0.29, 0.717) is 6.54 Å². The molecule has 0 saturated carbocycles. The number of rotatable bonds is 4. The second-order valence-electron chi connectivity index (χ2n) is 4.46. The van der Waals surface area contributed by atoms with Crippen LogP contribution in [0, 0.1) is 6.92 Å². The van der Waals surface area contributed by atoms with Crippen LogP contribution in [0.15, 0.2) is 29.6 Å². The van der Waals surface area contributed by atoms with Gasteiger partial charge in [0.2, 0.25) is 5.91 Å². The monoisotopic (exact) mass is 275 g/mol. The minimum atomic E-state index is -0.482. The van der Waals surface area contributed by atoms with Crippen LogP contribution in [0.5, 0.6) is 0 Å². The number of aromatic nitrogens is 1. The van der Waals surface area contributed by atoms with Crippen molar-refractivity contribution in [3.8, 4) is 11.3 Å². The smallest absolute Gasteiger partial charge is 0.236 e. The van der Waals surface area contributed by atoms with Gasteiger partial charge in [0.05, 0.1) is 16.7 Å². The Kier molecular flexibility index (Phi) is 4.29. The summed E-state index contributed by atoms with van der Waals surface area (Å²) in [6, 6.07) is 7.52. The fraction of sp³-hybridized carbons (Fsp3) is 0.286. The molecule has 0 fully saturated rings. The summed E-state index contributed by atoms with van der Waals surface area (Å²) in [6.45, 7) is 4.14. The minimum Gasteiger partial charge on any atom is -0.351 e. The summed E-state index contributed by atoms with van der Waals surface area (Å²) in [5.41, 5.74) is 8.58. The maximum absolute atomic E-state index is 11.4. The van der Waals surface area contributed by atoms with E-state index >= 15 is 0 Å². The molecule has 0 bridgehead atoms. The lowest BCUT2D eigenvalue weighted by Crippen LogP contribution is -2.37. The number of nitrogens with one attached hydrogen (secondary N) is 1. The Bertz CT molecular complexity index is 578. The number of nitrogens with two attached hydrogens (primary N) is 1. The highest BCUT2D eigenvalue weighted by Gasteiger charge is 2.07. The van der Waals surface area contributed by atoms with Crippen LogP contribution in [0.2, 0.25) is 0 Å². The van der Waals surface area contributed by atoms with Crippen molar-refractivity contribution in [2.24, 2.45) is 5.73 Å². The quantitative estimate of drug-likeness (QED) is 0.897. The van der Waals surface area contributed by atoms with Crippen molar-refractivity contribution in [3.05, 3.63) is 40.2 Å². The van der Waals surface area contributed by atoms with Crippen LogP contribution in [0.25, 0.3) is 11.3 Å². The van der Waals surface area contributed by atoms with Crippen molar-refractivity contribution in [1.82, 2.24) is 10.3 Å². The Balaban J connectivity index is 2.09. The van der Waals surface area contributed by atoms with E-state index in [1.807, 2.05) is 36.6 Å². The van der Waals surface area contributed by atoms with Gasteiger partial charge >= 0.3 is 0 Å². The largest absolute Gasteiger partial charge is 0.351 e. The number of nitrogens with zero attached hydrogens (tertiary/aromatic N) is 1. The minimum absolute atomic E-state index is 0.144. The highest BCUT2D eigenvalue weighted by molar-refractivity contribution is 7.09. The molecule has 1 aromatic heterocycles. The number of carbonyl (C=O) groups is 1. The van der Waals surface area contributed by atoms with Crippen LogP contribution in [-0.2, 0) is 11.3 Å². The van der Waals surface area contributed by atoms with Gasteiger partial charge in [0.15, 0.2) is 0 Å². The molecule has 0 saturated heterocycles. The molecule has 1 atom stereocenters. The van der Waals surface area contributed by atoms with E-state index in [4.69, 9.17) is 5.73 Å². The van der Waals surface area contributed by atoms with Crippen LogP contribution >= 0.6 is 11.3 Å². The highest BCUT2D eigenvalue weighted by Crippen LogP contribution is 2.22. The molecule has 2 aromatic rings. The summed E-state index contributed by atoms with van der Waals surface area (Å²) >= 11 is 1.63. The zero-order chi connectivity index (χ0) is 13.8. The molecule has 1 amide bonds. The molecule has 0 aliphatic carbocycles. The van der Waals surface area contributed by atoms with E-state index in [0.717, 1.165) is 21.8 Å². The number of amides is 1. The Hall–Kier alpha value is -1.72. The van der Waals surface area contributed by atoms with Gasteiger partial charge in [0, 0.05) is 17.5 Å². The van der Waals surface area contributed by atoms with Crippen LogP contribution in [-0.4, -0.2) is 16.9 Å². The van der Waals surface area contributed by atoms with Crippen LogP contribution < -0.4 is 11.1 Å². The second-order valence-corrected chi connectivity index (χ2v) is 5.52. The highest BCUT2D eigenvalue weighted by atomic mass is 32.1. The number of thiazole rings is 1. The summed E-state index contributed by atoms with van der Waals surface area (Å²) < 4.78 is 0. The fourth-order valence-corrected chi connectivity index (χ4v) is 2.31. The van der Waals surface area contributed by atoms with E-state index < -0.39 is 6.04 Å². The topological polar surface area (TPSA) is 68.0 Å².